The van der Waals surface area contributed by atoms with Crippen molar-refractivity contribution >= 4 is 23.2 Å². The van der Waals surface area contributed by atoms with Gasteiger partial charge in [0.2, 0.25) is 5.91 Å². The van der Waals surface area contributed by atoms with Crippen LogP contribution in [0.3, 0.4) is 0 Å². The Labute approximate surface area is 110 Å². The lowest BCUT2D eigenvalue weighted by molar-refractivity contribution is 0.0996. The van der Waals surface area contributed by atoms with E-state index in [1.807, 2.05) is 0 Å². The third-order valence-corrected chi connectivity index (χ3v) is 2.58. The largest absolute Gasteiger partial charge is 0.399 e. The summed E-state index contributed by atoms with van der Waals surface area (Å²) in [6.07, 6.45) is 0. The number of carbonyl (C=O) groups excluding carboxylic acids is 2. The third kappa shape index (κ3) is 3.10. The van der Waals surface area contributed by atoms with E-state index in [0.29, 0.717) is 22.5 Å². The summed E-state index contributed by atoms with van der Waals surface area (Å²) in [5, 5.41) is 2.69. The maximum absolute atomic E-state index is 11.9. The van der Waals surface area contributed by atoms with E-state index < -0.39 is 5.91 Å². The first-order valence-electron chi connectivity index (χ1n) is 5.63. The number of carbonyl (C=O) groups is 2. The molecule has 19 heavy (non-hydrogen) atoms. The minimum Gasteiger partial charge on any atom is -0.399 e. The topological polar surface area (TPSA) is 98.2 Å². The number of nitrogen functional groups attached to an aromatic ring is 1. The maximum Gasteiger partial charge on any atom is 0.255 e. The lowest BCUT2D eigenvalue weighted by atomic mass is 10.1. The minimum atomic E-state index is -0.538. The number of primary amides is 1. The minimum absolute atomic E-state index is 0.276. The van der Waals surface area contributed by atoms with Crippen LogP contribution in [0.15, 0.2) is 48.5 Å². The molecule has 0 atom stereocenters. The molecule has 5 nitrogen and oxygen atoms in total. The molecule has 0 saturated carbocycles. The monoisotopic (exact) mass is 255 g/mol. The summed E-state index contributed by atoms with van der Waals surface area (Å²) >= 11 is 0. The van der Waals surface area contributed by atoms with Gasteiger partial charge in [-0.1, -0.05) is 6.07 Å². The zero-order valence-electron chi connectivity index (χ0n) is 10.1. The standard InChI is InChI=1S/C14H13N3O2/c15-11-6-4-9(5-7-11)14(19)17-12-3-1-2-10(8-12)13(16)18/h1-8H,15H2,(H2,16,18)(H,17,19). The van der Waals surface area contributed by atoms with Gasteiger partial charge in [-0.3, -0.25) is 9.59 Å². The number of hydrogen-bond donors (Lipinski definition) is 3. The molecule has 2 aromatic rings. The molecular weight excluding hydrogens is 242 g/mol. The van der Waals surface area contributed by atoms with Crippen LogP contribution < -0.4 is 16.8 Å². The van der Waals surface area contributed by atoms with Crippen LogP contribution in [0, 0.1) is 0 Å². The van der Waals surface area contributed by atoms with Crippen LogP contribution in [0.4, 0.5) is 11.4 Å². The predicted molar refractivity (Wildman–Crippen MR) is 73.8 cm³/mol. The molecule has 0 saturated heterocycles. The van der Waals surface area contributed by atoms with Crippen molar-refractivity contribution in [3.63, 3.8) is 0 Å². The van der Waals surface area contributed by atoms with E-state index in [2.05, 4.69) is 5.32 Å². The number of nitrogens with one attached hydrogen (secondary N) is 1. The summed E-state index contributed by atoms with van der Waals surface area (Å²) in [5.74, 6) is -0.815. The van der Waals surface area contributed by atoms with Crippen molar-refractivity contribution in [2.45, 2.75) is 0 Å². The Morgan fingerprint density at radius 1 is 0.947 bits per heavy atom. The third-order valence-electron chi connectivity index (χ3n) is 2.58. The molecule has 0 unspecified atom stereocenters. The number of amides is 2. The van der Waals surface area contributed by atoms with Crippen molar-refractivity contribution in [2.75, 3.05) is 11.1 Å². The molecule has 2 amide bonds. The molecule has 0 spiro atoms. The van der Waals surface area contributed by atoms with E-state index in [1.165, 1.54) is 6.07 Å². The molecule has 0 heterocycles. The number of benzene rings is 2. The summed E-state index contributed by atoms with van der Waals surface area (Å²) in [5.41, 5.74) is 12.7. The first-order chi connectivity index (χ1) is 9.06. The lowest BCUT2D eigenvalue weighted by Crippen LogP contribution is -2.14. The molecule has 96 valence electrons. The van der Waals surface area contributed by atoms with Gasteiger partial charge < -0.3 is 16.8 Å². The van der Waals surface area contributed by atoms with Crippen molar-refractivity contribution < 1.29 is 9.59 Å². The van der Waals surface area contributed by atoms with E-state index in [1.54, 1.807) is 42.5 Å². The van der Waals surface area contributed by atoms with Gasteiger partial charge in [0.05, 0.1) is 0 Å². The van der Waals surface area contributed by atoms with Gasteiger partial charge >= 0.3 is 0 Å². The van der Waals surface area contributed by atoms with Crippen molar-refractivity contribution in [3.05, 3.63) is 59.7 Å². The molecule has 0 aliphatic carbocycles. The number of nitrogens with two attached hydrogens (primary N) is 2. The maximum atomic E-state index is 11.9. The number of rotatable bonds is 3. The van der Waals surface area contributed by atoms with E-state index >= 15 is 0 Å². The molecule has 0 radical (unpaired) electrons. The van der Waals surface area contributed by atoms with Crippen molar-refractivity contribution in [3.8, 4) is 0 Å². The van der Waals surface area contributed by atoms with Gasteiger partial charge in [0, 0.05) is 22.5 Å². The van der Waals surface area contributed by atoms with Gasteiger partial charge in [0.1, 0.15) is 0 Å². The highest BCUT2D eigenvalue weighted by Crippen LogP contribution is 2.13. The van der Waals surface area contributed by atoms with Gasteiger partial charge in [-0.05, 0) is 42.5 Å². The Kier molecular flexibility index (Phi) is 3.47. The zero-order valence-corrected chi connectivity index (χ0v) is 10.1. The van der Waals surface area contributed by atoms with Crippen molar-refractivity contribution in [2.24, 2.45) is 5.73 Å². The Bertz CT molecular complexity index is 621. The molecule has 2 rings (SSSR count). The summed E-state index contributed by atoms with van der Waals surface area (Å²) in [7, 11) is 0. The van der Waals surface area contributed by atoms with Crippen LogP contribution in [0.25, 0.3) is 0 Å². The van der Waals surface area contributed by atoms with E-state index in [4.69, 9.17) is 11.5 Å². The molecule has 5 heteroatoms. The fourth-order valence-corrected chi connectivity index (χ4v) is 1.59. The van der Waals surface area contributed by atoms with Crippen molar-refractivity contribution in [1.82, 2.24) is 0 Å². The normalized spacial score (nSPS) is 9.89. The highest BCUT2D eigenvalue weighted by atomic mass is 16.2. The summed E-state index contributed by atoms with van der Waals surface area (Å²) in [6.45, 7) is 0. The van der Waals surface area contributed by atoms with Crippen LogP contribution in [-0.4, -0.2) is 11.8 Å². The molecule has 0 aromatic heterocycles. The average Bonchev–Trinajstić information content (AvgIpc) is 2.39. The fourth-order valence-electron chi connectivity index (χ4n) is 1.59. The highest BCUT2D eigenvalue weighted by Gasteiger charge is 2.07. The lowest BCUT2D eigenvalue weighted by Gasteiger charge is -2.06. The molecule has 0 fully saturated rings. The molecule has 0 bridgehead atoms. The first-order valence-corrected chi connectivity index (χ1v) is 5.63. The van der Waals surface area contributed by atoms with Crippen molar-refractivity contribution in [1.29, 1.82) is 0 Å². The summed E-state index contributed by atoms with van der Waals surface area (Å²) in [6, 6.07) is 13.0. The van der Waals surface area contributed by atoms with Crippen LogP contribution in [0.2, 0.25) is 0 Å². The quantitative estimate of drug-likeness (QED) is 0.727. The van der Waals surface area contributed by atoms with Gasteiger partial charge in [-0.15, -0.1) is 0 Å². The summed E-state index contributed by atoms with van der Waals surface area (Å²) < 4.78 is 0. The van der Waals surface area contributed by atoms with E-state index in [-0.39, 0.29) is 5.91 Å². The highest BCUT2D eigenvalue weighted by molar-refractivity contribution is 6.05. The Morgan fingerprint density at radius 3 is 2.26 bits per heavy atom. The predicted octanol–water partition coefficient (Wildman–Crippen LogP) is 1.62. The second kappa shape index (κ2) is 5.22. The van der Waals surface area contributed by atoms with Gasteiger partial charge in [0.15, 0.2) is 0 Å². The SMILES string of the molecule is NC(=O)c1cccc(NC(=O)c2ccc(N)cc2)c1. The van der Waals surface area contributed by atoms with E-state index in [0.717, 1.165) is 0 Å². The molecule has 0 aliphatic rings. The zero-order chi connectivity index (χ0) is 13.8. The van der Waals surface area contributed by atoms with Gasteiger partial charge in [0.25, 0.3) is 5.91 Å². The summed E-state index contributed by atoms with van der Waals surface area (Å²) in [4.78, 5) is 23.0. The average molecular weight is 255 g/mol. The molecule has 5 N–H and O–H groups in total. The first kappa shape index (κ1) is 12.6. The number of hydrogen-bond acceptors (Lipinski definition) is 3. The molecule has 2 aromatic carbocycles. The van der Waals surface area contributed by atoms with E-state index in [9.17, 15) is 9.59 Å². The molecule has 0 aliphatic heterocycles. The fraction of sp³-hybridized carbons (Fsp3) is 0. The van der Waals surface area contributed by atoms with Crippen LogP contribution >= 0.6 is 0 Å². The van der Waals surface area contributed by atoms with Crippen LogP contribution in [0.1, 0.15) is 20.7 Å². The Morgan fingerprint density at radius 2 is 1.63 bits per heavy atom. The molecular formula is C14H13N3O2. The van der Waals surface area contributed by atoms with Gasteiger partial charge in [-0.2, -0.15) is 0 Å². The van der Waals surface area contributed by atoms with Crippen LogP contribution in [-0.2, 0) is 0 Å². The van der Waals surface area contributed by atoms with Crippen LogP contribution in [0.5, 0.6) is 0 Å². The Hall–Kier alpha value is -2.82. The second-order valence-electron chi connectivity index (χ2n) is 4.02. The Balaban J connectivity index is 2.17. The smallest absolute Gasteiger partial charge is 0.255 e. The van der Waals surface area contributed by atoms with Gasteiger partial charge in [-0.25, -0.2) is 0 Å². The second-order valence-corrected chi connectivity index (χ2v) is 4.02. The number of anilines is 2.